The largest absolute Gasteiger partial charge is 0.497 e. The van der Waals surface area contributed by atoms with Crippen molar-refractivity contribution in [3.8, 4) is 5.75 Å². The number of amides is 2. The van der Waals surface area contributed by atoms with Gasteiger partial charge in [-0.3, -0.25) is 24.6 Å². The van der Waals surface area contributed by atoms with Crippen molar-refractivity contribution in [3.05, 3.63) is 29.8 Å². The van der Waals surface area contributed by atoms with Crippen molar-refractivity contribution in [1.29, 1.82) is 0 Å². The Hall–Kier alpha value is -2.41. The summed E-state index contributed by atoms with van der Waals surface area (Å²) in [4.78, 5) is 39.2. The fourth-order valence-electron chi connectivity index (χ4n) is 4.01. The molecule has 4 unspecified atom stereocenters. The Balaban J connectivity index is 2.06. The Kier molecular flexibility index (Phi) is 4.28. The molecule has 1 N–H and O–H groups in total. The highest BCUT2D eigenvalue weighted by molar-refractivity contribution is 6.09. The molecule has 7 nitrogen and oxygen atoms in total. The van der Waals surface area contributed by atoms with Crippen LogP contribution in [-0.2, 0) is 19.1 Å². The second kappa shape index (κ2) is 6.15. The Morgan fingerprint density at radius 3 is 2.36 bits per heavy atom. The Morgan fingerprint density at radius 1 is 1.20 bits per heavy atom. The molecule has 0 aliphatic carbocycles. The van der Waals surface area contributed by atoms with Crippen LogP contribution in [0.2, 0.25) is 0 Å². The zero-order chi connectivity index (χ0) is 18.4. The lowest BCUT2D eigenvalue weighted by Crippen LogP contribution is -2.53. The lowest BCUT2D eigenvalue weighted by Gasteiger charge is -2.28. The monoisotopic (exact) mass is 346 g/mol. The molecular weight excluding hydrogens is 324 g/mol. The van der Waals surface area contributed by atoms with Crippen LogP contribution in [0.3, 0.4) is 0 Å². The quantitative estimate of drug-likeness (QED) is 0.644. The summed E-state index contributed by atoms with van der Waals surface area (Å²) in [6.45, 7) is 3.67. The number of imide groups is 1. The topological polar surface area (TPSA) is 84.9 Å². The van der Waals surface area contributed by atoms with Crippen molar-refractivity contribution in [2.75, 3.05) is 20.8 Å². The fourth-order valence-corrected chi connectivity index (χ4v) is 4.01. The lowest BCUT2D eigenvalue weighted by molar-refractivity contribution is -0.153. The van der Waals surface area contributed by atoms with Crippen molar-refractivity contribution >= 4 is 17.8 Å². The van der Waals surface area contributed by atoms with Gasteiger partial charge in [0, 0.05) is 12.6 Å². The SMILES string of the molecule is CCN1C(=O)C2C(c3ccc(OC)cc3)NC(C)(C(=O)OC)C2C1=O. The van der Waals surface area contributed by atoms with E-state index in [-0.39, 0.29) is 18.4 Å². The molecule has 2 fully saturated rings. The van der Waals surface area contributed by atoms with E-state index in [2.05, 4.69) is 5.32 Å². The van der Waals surface area contributed by atoms with Crippen molar-refractivity contribution in [1.82, 2.24) is 10.2 Å². The molecule has 25 heavy (non-hydrogen) atoms. The molecule has 0 bridgehead atoms. The lowest BCUT2D eigenvalue weighted by atomic mass is 9.80. The van der Waals surface area contributed by atoms with Gasteiger partial charge in [0.1, 0.15) is 11.3 Å². The molecule has 1 aromatic carbocycles. The minimum absolute atomic E-state index is 0.251. The number of carbonyl (C=O) groups is 3. The van der Waals surface area contributed by atoms with E-state index in [0.29, 0.717) is 5.75 Å². The van der Waals surface area contributed by atoms with Gasteiger partial charge in [-0.15, -0.1) is 0 Å². The highest BCUT2D eigenvalue weighted by Crippen LogP contribution is 2.48. The molecule has 7 heteroatoms. The first-order valence-corrected chi connectivity index (χ1v) is 8.24. The van der Waals surface area contributed by atoms with E-state index in [9.17, 15) is 14.4 Å². The van der Waals surface area contributed by atoms with Gasteiger partial charge in [-0.05, 0) is 31.5 Å². The normalized spacial score (nSPS) is 31.2. The molecule has 3 rings (SSSR count). The van der Waals surface area contributed by atoms with Gasteiger partial charge in [0.15, 0.2) is 0 Å². The number of esters is 1. The molecular formula is C18H22N2O5. The van der Waals surface area contributed by atoms with Gasteiger partial charge in [-0.2, -0.15) is 0 Å². The summed E-state index contributed by atoms with van der Waals surface area (Å²) >= 11 is 0. The molecule has 2 heterocycles. The molecule has 0 aromatic heterocycles. The van der Waals surface area contributed by atoms with E-state index in [1.54, 1.807) is 33.1 Å². The number of methoxy groups -OCH3 is 2. The van der Waals surface area contributed by atoms with Crippen molar-refractivity contribution in [2.24, 2.45) is 11.8 Å². The number of nitrogens with zero attached hydrogens (tertiary/aromatic N) is 1. The maximum Gasteiger partial charge on any atom is 0.326 e. The van der Waals surface area contributed by atoms with Crippen LogP contribution in [0.25, 0.3) is 0 Å². The third-order valence-electron chi connectivity index (χ3n) is 5.28. The van der Waals surface area contributed by atoms with Gasteiger partial charge in [0.2, 0.25) is 11.8 Å². The number of benzene rings is 1. The van der Waals surface area contributed by atoms with Gasteiger partial charge >= 0.3 is 5.97 Å². The molecule has 0 saturated carbocycles. The van der Waals surface area contributed by atoms with E-state index in [4.69, 9.17) is 9.47 Å². The van der Waals surface area contributed by atoms with E-state index in [1.807, 2.05) is 12.1 Å². The maximum absolute atomic E-state index is 12.8. The third kappa shape index (κ3) is 2.41. The Labute approximate surface area is 146 Å². The van der Waals surface area contributed by atoms with Crippen molar-refractivity contribution in [3.63, 3.8) is 0 Å². The highest BCUT2D eigenvalue weighted by atomic mass is 16.5. The Morgan fingerprint density at radius 2 is 1.84 bits per heavy atom. The van der Waals surface area contributed by atoms with E-state index < -0.39 is 29.4 Å². The number of ether oxygens (including phenoxy) is 2. The molecule has 0 spiro atoms. The summed E-state index contributed by atoms with van der Waals surface area (Å²) in [6, 6.07) is 6.80. The first-order chi connectivity index (χ1) is 11.9. The molecule has 2 saturated heterocycles. The molecule has 1 aromatic rings. The molecule has 4 atom stereocenters. The second-order valence-corrected chi connectivity index (χ2v) is 6.51. The van der Waals surface area contributed by atoms with Crippen LogP contribution < -0.4 is 10.1 Å². The fraction of sp³-hybridized carbons (Fsp3) is 0.500. The average molecular weight is 346 g/mol. The summed E-state index contributed by atoms with van der Waals surface area (Å²) in [5.74, 6) is -1.84. The zero-order valence-electron chi connectivity index (χ0n) is 14.7. The number of nitrogens with one attached hydrogen (secondary N) is 1. The number of hydrogen-bond acceptors (Lipinski definition) is 6. The predicted molar refractivity (Wildman–Crippen MR) is 88.7 cm³/mol. The summed E-state index contributed by atoms with van der Waals surface area (Å²) in [5, 5.41) is 3.20. The number of fused-ring (bicyclic) bond motifs is 1. The summed E-state index contributed by atoms with van der Waals surface area (Å²) in [6.07, 6.45) is 0. The van der Waals surface area contributed by atoms with Crippen LogP contribution in [0.5, 0.6) is 5.75 Å². The van der Waals surface area contributed by atoms with Crippen LogP contribution >= 0.6 is 0 Å². The van der Waals surface area contributed by atoms with Gasteiger partial charge in [-0.1, -0.05) is 12.1 Å². The van der Waals surface area contributed by atoms with Crippen LogP contribution in [0.15, 0.2) is 24.3 Å². The minimum atomic E-state index is -1.25. The van der Waals surface area contributed by atoms with Gasteiger partial charge in [0.05, 0.1) is 26.1 Å². The Bertz CT molecular complexity index is 717. The molecule has 0 radical (unpaired) electrons. The summed E-state index contributed by atoms with van der Waals surface area (Å²) in [5.41, 5.74) is -0.428. The van der Waals surface area contributed by atoms with E-state index in [1.165, 1.54) is 12.0 Å². The van der Waals surface area contributed by atoms with Gasteiger partial charge in [-0.25, -0.2) is 0 Å². The predicted octanol–water partition coefficient (Wildman–Crippen LogP) is 0.892. The average Bonchev–Trinajstić information content (AvgIpc) is 3.08. The maximum atomic E-state index is 12.8. The van der Waals surface area contributed by atoms with E-state index in [0.717, 1.165) is 5.56 Å². The zero-order valence-corrected chi connectivity index (χ0v) is 14.7. The number of hydrogen-bond donors (Lipinski definition) is 1. The van der Waals surface area contributed by atoms with Crippen LogP contribution in [-0.4, -0.2) is 49.0 Å². The second-order valence-electron chi connectivity index (χ2n) is 6.51. The van der Waals surface area contributed by atoms with Crippen molar-refractivity contribution < 1.29 is 23.9 Å². The molecule has 2 amide bonds. The number of rotatable bonds is 4. The summed E-state index contributed by atoms with van der Waals surface area (Å²) < 4.78 is 10.1. The summed E-state index contributed by atoms with van der Waals surface area (Å²) in [7, 11) is 2.86. The number of likely N-dealkylation sites (tertiary alicyclic amines) is 1. The van der Waals surface area contributed by atoms with Gasteiger partial charge < -0.3 is 9.47 Å². The molecule has 134 valence electrons. The van der Waals surface area contributed by atoms with Crippen LogP contribution in [0.4, 0.5) is 0 Å². The van der Waals surface area contributed by atoms with E-state index >= 15 is 0 Å². The third-order valence-corrected chi connectivity index (χ3v) is 5.28. The minimum Gasteiger partial charge on any atom is -0.497 e. The smallest absolute Gasteiger partial charge is 0.326 e. The van der Waals surface area contributed by atoms with Crippen LogP contribution in [0, 0.1) is 11.8 Å². The molecule has 2 aliphatic rings. The van der Waals surface area contributed by atoms with Crippen molar-refractivity contribution in [2.45, 2.75) is 25.4 Å². The highest BCUT2D eigenvalue weighted by Gasteiger charge is 2.66. The first kappa shape index (κ1) is 17.4. The first-order valence-electron chi connectivity index (χ1n) is 8.24. The number of carbonyl (C=O) groups excluding carboxylic acids is 3. The van der Waals surface area contributed by atoms with Gasteiger partial charge in [0.25, 0.3) is 0 Å². The standard InChI is InChI=1S/C18H22N2O5/c1-5-20-15(21)12-13(16(20)22)18(2,17(23)25-4)19-14(12)10-6-8-11(24-3)9-7-10/h6-9,12-14,19H,5H2,1-4H3. The van der Waals surface area contributed by atoms with Crippen LogP contribution in [0.1, 0.15) is 25.5 Å². The molecule has 2 aliphatic heterocycles.